The molecular weight excluding hydrogens is 407 g/mol. The van der Waals surface area contributed by atoms with Crippen LogP contribution in [-0.4, -0.2) is 23.0 Å². The van der Waals surface area contributed by atoms with Crippen LogP contribution in [0.3, 0.4) is 0 Å². The maximum absolute atomic E-state index is 14.2. The summed E-state index contributed by atoms with van der Waals surface area (Å²) in [5.74, 6) is -0.764. The van der Waals surface area contributed by atoms with Crippen molar-refractivity contribution in [1.82, 2.24) is 4.98 Å². The molecule has 0 aliphatic carbocycles. The quantitative estimate of drug-likeness (QED) is 0.224. The minimum atomic E-state index is -0.659. The van der Waals surface area contributed by atoms with E-state index < -0.39 is 16.7 Å². The topological polar surface area (TPSA) is 101 Å². The fourth-order valence-electron chi connectivity index (χ4n) is 2.57. The smallest absolute Gasteiger partial charge is 0.331 e. The van der Waals surface area contributed by atoms with Crippen LogP contribution in [0.4, 0.5) is 10.1 Å². The van der Waals surface area contributed by atoms with Crippen LogP contribution in [0.2, 0.25) is 0 Å². The van der Waals surface area contributed by atoms with Gasteiger partial charge in [-0.05, 0) is 53.6 Å². The van der Waals surface area contributed by atoms with Crippen molar-refractivity contribution in [2.75, 3.05) is 7.11 Å². The summed E-state index contributed by atoms with van der Waals surface area (Å²) < 4.78 is 29.7. The van der Waals surface area contributed by atoms with Gasteiger partial charge in [-0.25, -0.2) is 9.18 Å². The lowest BCUT2D eigenvalue weighted by molar-refractivity contribution is -0.385. The number of aromatic nitrogens is 1. The Bertz CT molecular complexity index is 1120. The van der Waals surface area contributed by atoms with Crippen LogP contribution in [0, 0.1) is 15.9 Å². The number of nitro benzene ring substituents is 1. The average molecular weight is 424 g/mol. The van der Waals surface area contributed by atoms with Gasteiger partial charge in [-0.15, -0.1) is 0 Å². The Hall–Kier alpha value is -4.27. The monoisotopic (exact) mass is 424 g/mol. The molecule has 8 nitrogen and oxygen atoms in total. The van der Waals surface area contributed by atoms with Crippen molar-refractivity contribution < 1.29 is 28.3 Å². The molecule has 3 rings (SSSR count). The molecule has 0 radical (unpaired) electrons. The molecule has 0 saturated heterocycles. The van der Waals surface area contributed by atoms with Crippen molar-refractivity contribution in [2.24, 2.45) is 0 Å². The van der Waals surface area contributed by atoms with Crippen LogP contribution < -0.4 is 9.47 Å². The summed E-state index contributed by atoms with van der Waals surface area (Å²) >= 11 is 0. The molecular formula is C22H17FN2O6. The first-order valence-corrected chi connectivity index (χ1v) is 9.00. The van der Waals surface area contributed by atoms with Gasteiger partial charge in [0.15, 0.2) is 17.3 Å². The van der Waals surface area contributed by atoms with E-state index in [0.29, 0.717) is 16.9 Å². The van der Waals surface area contributed by atoms with E-state index in [1.165, 1.54) is 49.7 Å². The Labute approximate surface area is 176 Å². The van der Waals surface area contributed by atoms with Crippen molar-refractivity contribution in [2.45, 2.75) is 6.61 Å². The molecule has 0 aliphatic heterocycles. The molecule has 0 aliphatic rings. The van der Waals surface area contributed by atoms with Crippen molar-refractivity contribution in [1.29, 1.82) is 0 Å². The van der Waals surface area contributed by atoms with E-state index >= 15 is 0 Å². The van der Waals surface area contributed by atoms with Crippen LogP contribution in [0.1, 0.15) is 11.1 Å². The molecule has 9 heteroatoms. The first kappa shape index (κ1) is 21.4. The highest BCUT2D eigenvalue weighted by Gasteiger charge is 2.15. The third-order valence-corrected chi connectivity index (χ3v) is 4.05. The summed E-state index contributed by atoms with van der Waals surface area (Å²) in [7, 11) is 1.31. The maximum Gasteiger partial charge on any atom is 0.331 e. The van der Waals surface area contributed by atoms with Crippen LogP contribution in [0.15, 0.2) is 67.0 Å². The zero-order chi connectivity index (χ0) is 22.2. The molecule has 0 amide bonds. The molecule has 1 heterocycles. The third kappa shape index (κ3) is 5.86. The lowest BCUT2D eigenvalue weighted by Gasteiger charge is -2.07. The molecule has 0 fully saturated rings. The average Bonchev–Trinajstić information content (AvgIpc) is 2.78. The van der Waals surface area contributed by atoms with Gasteiger partial charge in [-0.1, -0.05) is 6.07 Å². The summed E-state index contributed by atoms with van der Waals surface area (Å²) in [6.07, 6.45) is 5.59. The van der Waals surface area contributed by atoms with Crippen LogP contribution in [0.25, 0.3) is 6.08 Å². The standard InChI is InChI=1S/C22H17FN2O6/c1-29-21-12-16(4-7-19(21)25(27)28)14-30-22(26)9-6-15-5-8-20(18(23)11-15)31-17-3-2-10-24-13-17/h2-13H,14H2,1H3/b9-6+. The highest BCUT2D eigenvalue weighted by molar-refractivity contribution is 5.87. The van der Waals surface area contributed by atoms with Gasteiger partial charge >= 0.3 is 11.7 Å². The molecule has 0 spiro atoms. The number of hydrogen-bond donors (Lipinski definition) is 0. The number of ether oxygens (including phenoxy) is 3. The molecule has 31 heavy (non-hydrogen) atoms. The van der Waals surface area contributed by atoms with Gasteiger partial charge in [0.1, 0.15) is 12.4 Å². The molecule has 0 bridgehead atoms. The molecule has 0 saturated carbocycles. The molecule has 3 aromatic rings. The number of hydrogen-bond acceptors (Lipinski definition) is 7. The van der Waals surface area contributed by atoms with Crippen molar-refractivity contribution in [3.8, 4) is 17.2 Å². The van der Waals surface area contributed by atoms with Crippen LogP contribution in [-0.2, 0) is 16.1 Å². The number of carbonyl (C=O) groups is 1. The molecule has 0 N–H and O–H groups in total. The van der Waals surface area contributed by atoms with Crippen molar-refractivity contribution >= 4 is 17.7 Å². The largest absolute Gasteiger partial charge is 0.490 e. The lowest BCUT2D eigenvalue weighted by Crippen LogP contribution is -2.02. The molecule has 158 valence electrons. The van der Waals surface area contributed by atoms with Crippen LogP contribution in [0.5, 0.6) is 17.2 Å². The second-order valence-electron chi connectivity index (χ2n) is 6.19. The van der Waals surface area contributed by atoms with Gasteiger partial charge in [0.2, 0.25) is 0 Å². The van der Waals surface area contributed by atoms with Crippen molar-refractivity contribution in [3.63, 3.8) is 0 Å². The van der Waals surface area contributed by atoms with E-state index in [9.17, 15) is 19.3 Å². The van der Waals surface area contributed by atoms with Gasteiger partial charge in [0, 0.05) is 18.3 Å². The number of nitrogens with zero attached hydrogens (tertiary/aromatic N) is 2. The van der Waals surface area contributed by atoms with E-state index in [1.807, 2.05) is 0 Å². The Morgan fingerprint density at radius 1 is 1.19 bits per heavy atom. The normalized spacial score (nSPS) is 10.6. The number of rotatable bonds is 8. The van der Waals surface area contributed by atoms with Gasteiger partial charge in [0.05, 0.1) is 18.2 Å². The Balaban J connectivity index is 1.58. The fraction of sp³-hybridized carbons (Fsp3) is 0.0909. The molecule has 0 atom stereocenters. The summed E-state index contributed by atoms with van der Waals surface area (Å²) in [6.45, 7) is -0.107. The summed E-state index contributed by atoms with van der Waals surface area (Å²) in [4.78, 5) is 26.2. The number of carbonyl (C=O) groups excluding carboxylic acids is 1. The van der Waals surface area contributed by atoms with Gasteiger partial charge in [-0.3, -0.25) is 15.1 Å². The minimum Gasteiger partial charge on any atom is -0.490 e. The highest BCUT2D eigenvalue weighted by atomic mass is 19.1. The second kappa shape index (κ2) is 9.97. The number of nitro groups is 1. The molecule has 1 aromatic heterocycles. The summed E-state index contributed by atoms with van der Waals surface area (Å²) in [5, 5.41) is 10.9. The van der Waals surface area contributed by atoms with Crippen LogP contribution >= 0.6 is 0 Å². The zero-order valence-electron chi connectivity index (χ0n) is 16.4. The first-order chi connectivity index (χ1) is 15.0. The predicted octanol–water partition coefficient (Wildman–Crippen LogP) is 4.69. The molecule has 2 aromatic carbocycles. The molecule has 0 unspecified atom stereocenters. The first-order valence-electron chi connectivity index (χ1n) is 9.00. The Kier molecular flexibility index (Phi) is 6.89. The van der Waals surface area contributed by atoms with E-state index in [0.717, 1.165) is 6.08 Å². The number of pyridine rings is 1. The van der Waals surface area contributed by atoms with E-state index in [-0.39, 0.29) is 23.8 Å². The van der Waals surface area contributed by atoms with E-state index in [4.69, 9.17) is 14.2 Å². The van der Waals surface area contributed by atoms with E-state index in [1.54, 1.807) is 24.4 Å². The maximum atomic E-state index is 14.2. The Morgan fingerprint density at radius 3 is 2.71 bits per heavy atom. The number of benzene rings is 2. The Morgan fingerprint density at radius 2 is 2.03 bits per heavy atom. The number of methoxy groups -OCH3 is 1. The van der Waals surface area contributed by atoms with Gasteiger partial charge < -0.3 is 14.2 Å². The van der Waals surface area contributed by atoms with Gasteiger partial charge in [-0.2, -0.15) is 0 Å². The minimum absolute atomic E-state index is 0.0276. The zero-order valence-corrected chi connectivity index (χ0v) is 16.4. The lowest BCUT2D eigenvalue weighted by atomic mass is 10.2. The second-order valence-corrected chi connectivity index (χ2v) is 6.19. The summed E-state index contributed by atoms with van der Waals surface area (Å²) in [6, 6.07) is 11.7. The number of halogens is 1. The van der Waals surface area contributed by atoms with Crippen molar-refractivity contribution in [3.05, 3.63) is 94.1 Å². The predicted molar refractivity (Wildman–Crippen MR) is 109 cm³/mol. The summed E-state index contributed by atoms with van der Waals surface area (Å²) in [5.41, 5.74) is 0.771. The third-order valence-electron chi connectivity index (χ3n) is 4.05. The SMILES string of the molecule is COc1cc(COC(=O)/C=C/c2ccc(Oc3cccnc3)c(F)c2)ccc1[N+](=O)[O-]. The number of esters is 1. The fourth-order valence-corrected chi connectivity index (χ4v) is 2.57. The van der Waals surface area contributed by atoms with Gasteiger partial charge in [0.25, 0.3) is 0 Å². The van der Waals surface area contributed by atoms with E-state index in [2.05, 4.69) is 4.98 Å². The highest BCUT2D eigenvalue weighted by Crippen LogP contribution is 2.28.